The maximum atomic E-state index is 12.3. The van der Waals surface area contributed by atoms with Crippen LogP contribution in [0.5, 0.6) is 0 Å². The maximum Gasteiger partial charge on any atom is 0.222 e. The van der Waals surface area contributed by atoms with Crippen molar-refractivity contribution in [1.29, 1.82) is 0 Å². The number of nitrogens with one attached hydrogen (secondary N) is 6. The lowest BCUT2D eigenvalue weighted by atomic mass is 10.2. The zero-order valence-electron chi connectivity index (χ0n) is 35.6. The van der Waals surface area contributed by atoms with Crippen molar-refractivity contribution in [2.45, 2.75) is 151 Å². The van der Waals surface area contributed by atoms with Gasteiger partial charge >= 0.3 is 0 Å². The van der Waals surface area contributed by atoms with E-state index in [1.165, 1.54) is 0 Å². The third kappa shape index (κ3) is 43.3. The van der Waals surface area contributed by atoms with E-state index in [9.17, 15) is 28.8 Å². The summed E-state index contributed by atoms with van der Waals surface area (Å²) in [5, 5.41) is 17.0. The summed E-state index contributed by atoms with van der Waals surface area (Å²) in [5.74, 6) is -0.434. The van der Waals surface area contributed by atoms with E-state index >= 15 is 0 Å². The van der Waals surface area contributed by atoms with Crippen LogP contribution in [0.3, 0.4) is 0 Å². The third-order valence-electron chi connectivity index (χ3n) is 7.50. The summed E-state index contributed by atoms with van der Waals surface area (Å²) in [5.41, 5.74) is 0. The Kier molecular flexibility index (Phi) is 45.9. The zero-order chi connectivity index (χ0) is 41.8. The monoisotopic (exact) mass is 789 g/mol. The van der Waals surface area contributed by atoms with Gasteiger partial charge in [-0.05, 0) is 38.5 Å². The minimum Gasteiger partial charge on any atom is -0.378 e. The Bertz CT molecular complexity index is 906. The Morgan fingerprint density at radius 3 is 0.909 bits per heavy atom. The van der Waals surface area contributed by atoms with Crippen molar-refractivity contribution < 1.29 is 43.0 Å². The van der Waals surface area contributed by atoms with E-state index in [-0.39, 0.29) is 87.7 Å². The van der Waals surface area contributed by atoms with Gasteiger partial charge in [0.1, 0.15) is 6.10 Å². The Balaban J connectivity index is -0.00000652. The second-order valence-corrected chi connectivity index (χ2v) is 12.4. The van der Waals surface area contributed by atoms with Crippen LogP contribution in [0.25, 0.3) is 0 Å². The first-order valence-corrected chi connectivity index (χ1v) is 21.1. The van der Waals surface area contributed by atoms with Crippen LogP contribution in [0.2, 0.25) is 0 Å². The molecule has 0 aliphatic rings. The molecule has 0 bridgehead atoms. The van der Waals surface area contributed by atoms with Crippen molar-refractivity contribution in [3.8, 4) is 0 Å². The molecule has 0 saturated carbocycles. The summed E-state index contributed by atoms with van der Waals surface area (Å²) in [6.45, 7) is 17.7. The predicted molar refractivity (Wildman–Crippen MR) is 218 cm³/mol. The molecular weight excluding hydrogens is 708 g/mol. The highest BCUT2D eigenvalue weighted by molar-refractivity contribution is 5.77. The number of hydrogen-bond donors (Lipinski definition) is 6. The first-order valence-electron chi connectivity index (χ1n) is 21.1. The van der Waals surface area contributed by atoms with E-state index in [2.05, 4.69) is 31.9 Å². The van der Waals surface area contributed by atoms with Crippen molar-refractivity contribution in [2.75, 3.05) is 72.3 Å². The van der Waals surface area contributed by atoms with Crippen LogP contribution in [-0.2, 0) is 43.0 Å². The molecule has 0 fully saturated rings. The highest BCUT2D eigenvalue weighted by atomic mass is 16.6. The molecule has 0 saturated heterocycles. The van der Waals surface area contributed by atoms with Crippen molar-refractivity contribution in [3.63, 3.8) is 0 Å². The van der Waals surface area contributed by atoms with Crippen LogP contribution < -0.4 is 31.9 Å². The van der Waals surface area contributed by atoms with E-state index in [1.54, 1.807) is 0 Å². The third-order valence-corrected chi connectivity index (χ3v) is 7.50. The number of carbonyl (C=O) groups excluding carboxylic acids is 6. The van der Waals surface area contributed by atoms with Gasteiger partial charge in [-0.15, -0.1) is 0 Å². The molecular formula is C40H80N6O9. The quantitative estimate of drug-likeness (QED) is 0.0512. The van der Waals surface area contributed by atoms with E-state index < -0.39 is 6.10 Å². The Morgan fingerprint density at radius 1 is 0.382 bits per heavy atom. The number of hydrogen-bond acceptors (Lipinski definition) is 9. The van der Waals surface area contributed by atoms with Gasteiger partial charge in [0.2, 0.25) is 35.4 Å². The molecule has 55 heavy (non-hydrogen) atoms. The predicted octanol–water partition coefficient (Wildman–Crippen LogP) is 4.07. The number of amides is 6. The van der Waals surface area contributed by atoms with Gasteiger partial charge in [0.05, 0.1) is 33.0 Å². The second kappa shape index (κ2) is 45.1. The summed E-state index contributed by atoms with van der Waals surface area (Å²) in [7, 11) is 0. The zero-order valence-corrected chi connectivity index (χ0v) is 35.6. The van der Waals surface area contributed by atoms with Gasteiger partial charge in [-0.3, -0.25) is 28.8 Å². The first kappa shape index (κ1) is 56.0. The molecule has 0 radical (unpaired) electrons. The van der Waals surface area contributed by atoms with Crippen LogP contribution in [0.4, 0.5) is 0 Å². The SMILES string of the molecule is CC.CC.CCCCC(=O)NCCCNC(=O)CCOCC(COCCC(=O)NCCCNC(=O)CCCC)OCCC(=O)NCCCNC(=O)CCCC. The first-order chi connectivity index (χ1) is 26.7. The minimum atomic E-state index is -0.519. The highest BCUT2D eigenvalue weighted by Gasteiger charge is 2.13. The van der Waals surface area contributed by atoms with E-state index in [1.807, 2.05) is 48.5 Å². The summed E-state index contributed by atoms with van der Waals surface area (Å²) in [6.07, 6.45) is 8.83. The fraction of sp³-hybridized carbons (Fsp3) is 0.850. The molecule has 0 aromatic carbocycles. The lowest BCUT2D eigenvalue weighted by Crippen LogP contribution is -2.32. The smallest absolute Gasteiger partial charge is 0.222 e. The average Bonchev–Trinajstić information content (AvgIpc) is 3.19. The lowest BCUT2D eigenvalue weighted by Gasteiger charge is -2.18. The van der Waals surface area contributed by atoms with Gasteiger partial charge in [-0.2, -0.15) is 0 Å². The standard InChI is InChI=1S/C36H68N6O9.2C2H6/c1-4-7-13-31(43)37-19-10-22-40-34(46)16-25-49-28-30(51-27-18-36(48)42-24-12-21-39-33(45)15-9-6-3)29-50-26-17-35(47)41-23-11-20-38-32(44)14-8-5-2;2*1-2/h30H,4-29H2,1-3H3,(H,37,43)(H,38,44)(H,39,45)(H,40,46)(H,41,47)(H,42,48);2*1-2H3. The molecule has 0 spiro atoms. The molecule has 6 amide bonds. The summed E-state index contributed by atoms with van der Waals surface area (Å²) < 4.78 is 17.2. The van der Waals surface area contributed by atoms with Gasteiger partial charge in [-0.1, -0.05) is 67.7 Å². The largest absolute Gasteiger partial charge is 0.378 e. The fourth-order valence-corrected chi connectivity index (χ4v) is 4.40. The fourth-order valence-electron chi connectivity index (χ4n) is 4.40. The van der Waals surface area contributed by atoms with Crippen LogP contribution in [0, 0.1) is 0 Å². The normalized spacial score (nSPS) is 10.3. The van der Waals surface area contributed by atoms with E-state index in [0.29, 0.717) is 77.8 Å². The average molecular weight is 789 g/mol. The van der Waals surface area contributed by atoms with Crippen LogP contribution in [0.1, 0.15) is 145 Å². The van der Waals surface area contributed by atoms with Gasteiger partial charge in [0.15, 0.2) is 0 Å². The number of carbonyl (C=O) groups is 6. The summed E-state index contributed by atoms with van der Waals surface area (Å²) >= 11 is 0. The number of ether oxygens (including phenoxy) is 3. The van der Waals surface area contributed by atoms with Gasteiger partial charge in [0.25, 0.3) is 0 Å². The molecule has 0 aromatic rings. The summed E-state index contributed by atoms with van der Waals surface area (Å²) in [4.78, 5) is 71.6. The molecule has 0 aromatic heterocycles. The highest BCUT2D eigenvalue weighted by Crippen LogP contribution is 2.00. The Morgan fingerprint density at radius 2 is 0.636 bits per heavy atom. The van der Waals surface area contributed by atoms with Crippen molar-refractivity contribution in [3.05, 3.63) is 0 Å². The molecule has 0 heterocycles. The van der Waals surface area contributed by atoms with Gasteiger partial charge in [-0.25, -0.2) is 0 Å². The number of unbranched alkanes of at least 4 members (excludes halogenated alkanes) is 3. The van der Waals surface area contributed by atoms with E-state index in [4.69, 9.17) is 14.2 Å². The van der Waals surface area contributed by atoms with Crippen molar-refractivity contribution in [1.82, 2.24) is 31.9 Å². The molecule has 0 aliphatic heterocycles. The Hall–Kier alpha value is -3.30. The topological polar surface area (TPSA) is 202 Å². The van der Waals surface area contributed by atoms with Gasteiger partial charge in [0, 0.05) is 77.8 Å². The van der Waals surface area contributed by atoms with E-state index in [0.717, 1.165) is 38.5 Å². The second-order valence-electron chi connectivity index (χ2n) is 12.4. The maximum absolute atomic E-state index is 12.3. The number of rotatable bonds is 35. The molecule has 0 atom stereocenters. The van der Waals surface area contributed by atoms with Crippen LogP contribution >= 0.6 is 0 Å². The molecule has 324 valence electrons. The molecule has 0 rings (SSSR count). The molecule has 6 N–H and O–H groups in total. The summed E-state index contributed by atoms with van der Waals surface area (Å²) in [6, 6.07) is 0. The lowest BCUT2D eigenvalue weighted by molar-refractivity contribution is -0.126. The Labute approximate surface area is 333 Å². The molecule has 0 aliphatic carbocycles. The van der Waals surface area contributed by atoms with Crippen LogP contribution in [0.15, 0.2) is 0 Å². The van der Waals surface area contributed by atoms with Crippen molar-refractivity contribution >= 4 is 35.4 Å². The minimum absolute atomic E-state index is 0.0212. The van der Waals surface area contributed by atoms with Crippen molar-refractivity contribution in [2.24, 2.45) is 0 Å². The molecule has 0 unspecified atom stereocenters. The molecule has 15 heteroatoms. The van der Waals surface area contributed by atoms with Gasteiger partial charge < -0.3 is 46.1 Å². The van der Waals surface area contributed by atoms with Crippen LogP contribution in [-0.4, -0.2) is 114 Å². The molecule has 15 nitrogen and oxygen atoms in total.